The van der Waals surface area contributed by atoms with Gasteiger partial charge in [0.25, 0.3) is 0 Å². The summed E-state index contributed by atoms with van der Waals surface area (Å²) in [5.41, 5.74) is -1.29. The zero-order chi connectivity index (χ0) is 16.4. The van der Waals surface area contributed by atoms with Gasteiger partial charge in [0.15, 0.2) is 0 Å². The number of benzene rings is 1. The van der Waals surface area contributed by atoms with Crippen LogP contribution < -0.4 is 4.72 Å². The number of rotatable bonds is 6. The van der Waals surface area contributed by atoms with Gasteiger partial charge in [-0.15, -0.1) is 0 Å². The molecule has 0 bridgehead atoms. The van der Waals surface area contributed by atoms with E-state index in [1.165, 1.54) is 0 Å². The molecule has 1 aromatic carbocycles. The van der Waals surface area contributed by atoms with Crippen molar-refractivity contribution in [2.24, 2.45) is 0 Å². The predicted molar refractivity (Wildman–Crippen MR) is 77.7 cm³/mol. The third kappa shape index (κ3) is 3.93. The molecule has 0 unspecified atom stereocenters. The molecule has 0 saturated carbocycles. The minimum absolute atomic E-state index is 0.463. The Kier molecular flexibility index (Phi) is 5.35. The van der Waals surface area contributed by atoms with Crippen LogP contribution in [0.15, 0.2) is 17.0 Å². The van der Waals surface area contributed by atoms with Gasteiger partial charge in [-0.2, -0.15) is 0 Å². The van der Waals surface area contributed by atoms with Crippen molar-refractivity contribution in [2.45, 2.75) is 44.0 Å². The van der Waals surface area contributed by atoms with Crippen LogP contribution in [-0.2, 0) is 10.0 Å². The number of hydrogen-bond acceptors (Lipinski definition) is 3. The lowest BCUT2D eigenvalue weighted by Gasteiger charge is -2.27. The second kappa shape index (κ2) is 6.29. The highest BCUT2D eigenvalue weighted by atomic mass is 35.5. The number of nitrogens with one attached hydrogen (secondary N) is 1. The van der Waals surface area contributed by atoms with Gasteiger partial charge in [-0.25, -0.2) is 22.3 Å². The molecule has 0 spiro atoms. The summed E-state index contributed by atoms with van der Waals surface area (Å²) in [7, 11) is -4.05. The van der Waals surface area contributed by atoms with Crippen LogP contribution in [0.3, 0.4) is 0 Å². The molecule has 0 heterocycles. The molecular formula is C13H17ClFNO4S. The fourth-order valence-electron chi connectivity index (χ4n) is 1.65. The lowest BCUT2D eigenvalue weighted by Crippen LogP contribution is -2.44. The second-order valence-corrected chi connectivity index (χ2v) is 7.01. The normalized spacial score (nSPS) is 12.4. The van der Waals surface area contributed by atoms with Crippen molar-refractivity contribution in [3.05, 3.63) is 28.5 Å². The summed E-state index contributed by atoms with van der Waals surface area (Å²) in [6.45, 7) is 5.35. The molecule has 0 aromatic heterocycles. The van der Waals surface area contributed by atoms with Crippen LogP contribution in [-0.4, -0.2) is 25.0 Å². The third-order valence-electron chi connectivity index (χ3n) is 3.48. The van der Waals surface area contributed by atoms with E-state index < -0.39 is 42.8 Å². The van der Waals surface area contributed by atoms with Gasteiger partial charge in [-0.05, 0) is 31.9 Å². The Labute approximate surface area is 128 Å². The Morgan fingerprint density at radius 1 is 1.38 bits per heavy atom. The van der Waals surface area contributed by atoms with Gasteiger partial charge < -0.3 is 5.11 Å². The molecule has 1 aromatic rings. The van der Waals surface area contributed by atoms with Gasteiger partial charge in [-0.1, -0.05) is 25.4 Å². The predicted octanol–water partition coefficient (Wildman–Crippen LogP) is 3.03. The molecule has 0 aliphatic carbocycles. The van der Waals surface area contributed by atoms with E-state index >= 15 is 0 Å². The third-order valence-corrected chi connectivity index (χ3v) is 5.49. The van der Waals surface area contributed by atoms with Crippen molar-refractivity contribution in [1.82, 2.24) is 4.72 Å². The van der Waals surface area contributed by atoms with Crippen molar-refractivity contribution in [2.75, 3.05) is 0 Å². The fourth-order valence-corrected chi connectivity index (χ4v) is 3.43. The van der Waals surface area contributed by atoms with Crippen LogP contribution >= 0.6 is 11.6 Å². The topological polar surface area (TPSA) is 83.5 Å². The van der Waals surface area contributed by atoms with Gasteiger partial charge in [0.1, 0.15) is 5.82 Å². The molecule has 0 saturated heterocycles. The molecule has 21 heavy (non-hydrogen) atoms. The number of carboxylic acids is 1. The van der Waals surface area contributed by atoms with E-state index in [1.54, 1.807) is 6.92 Å². The standard InChI is InChI=1S/C13H17ClFNO4S/c1-4-13(3,5-2)16-21(19,20)8-6-9(12(17)18)11(14)10(15)7-8/h6-7,16H,4-5H2,1-3H3,(H,17,18). The summed E-state index contributed by atoms with van der Waals surface area (Å²) in [4.78, 5) is 10.5. The number of aromatic carboxylic acids is 1. The highest BCUT2D eigenvalue weighted by Crippen LogP contribution is 2.26. The van der Waals surface area contributed by atoms with Crippen LogP contribution in [0.1, 0.15) is 44.0 Å². The number of carboxylic acid groups (broad SMARTS) is 1. The van der Waals surface area contributed by atoms with Crippen molar-refractivity contribution < 1.29 is 22.7 Å². The first kappa shape index (κ1) is 17.9. The molecule has 0 aliphatic rings. The maximum atomic E-state index is 13.6. The highest BCUT2D eigenvalue weighted by molar-refractivity contribution is 7.89. The zero-order valence-corrected chi connectivity index (χ0v) is 13.5. The molecule has 5 nitrogen and oxygen atoms in total. The van der Waals surface area contributed by atoms with E-state index in [4.69, 9.17) is 16.7 Å². The van der Waals surface area contributed by atoms with E-state index in [9.17, 15) is 17.6 Å². The minimum Gasteiger partial charge on any atom is -0.478 e. The average molecular weight is 338 g/mol. The van der Waals surface area contributed by atoms with Crippen molar-refractivity contribution in [3.63, 3.8) is 0 Å². The van der Waals surface area contributed by atoms with Crippen molar-refractivity contribution in [3.8, 4) is 0 Å². The molecule has 0 amide bonds. The second-order valence-electron chi connectivity index (χ2n) is 4.95. The minimum atomic E-state index is -4.05. The lowest BCUT2D eigenvalue weighted by atomic mass is 9.98. The SMILES string of the molecule is CCC(C)(CC)NS(=O)(=O)c1cc(F)c(Cl)c(C(=O)O)c1. The smallest absolute Gasteiger partial charge is 0.337 e. The van der Waals surface area contributed by atoms with Gasteiger partial charge in [0.05, 0.1) is 15.5 Å². The summed E-state index contributed by atoms with van der Waals surface area (Å²) < 4.78 is 40.7. The summed E-state index contributed by atoms with van der Waals surface area (Å²) in [5, 5.41) is 8.32. The summed E-state index contributed by atoms with van der Waals surface area (Å²) >= 11 is 5.53. The maximum Gasteiger partial charge on any atom is 0.337 e. The molecule has 2 N–H and O–H groups in total. The van der Waals surface area contributed by atoms with Gasteiger partial charge in [-0.3, -0.25) is 0 Å². The number of carbonyl (C=O) groups is 1. The zero-order valence-electron chi connectivity index (χ0n) is 11.9. The van der Waals surface area contributed by atoms with Crippen LogP contribution in [0.4, 0.5) is 4.39 Å². The van der Waals surface area contributed by atoms with Crippen molar-refractivity contribution >= 4 is 27.6 Å². The summed E-state index contributed by atoms with van der Waals surface area (Å²) in [6, 6.07) is 1.56. The fraction of sp³-hybridized carbons (Fsp3) is 0.462. The van der Waals surface area contributed by atoms with E-state index in [-0.39, 0.29) is 0 Å². The Bertz CT molecular complexity index is 656. The van der Waals surface area contributed by atoms with E-state index in [2.05, 4.69) is 4.72 Å². The van der Waals surface area contributed by atoms with E-state index in [0.717, 1.165) is 6.07 Å². The Morgan fingerprint density at radius 2 is 1.90 bits per heavy atom. The monoisotopic (exact) mass is 337 g/mol. The van der Waals surface area contributed by atoms with Crippen LogP contribution in [0.2, 0.25) is 5.02 Å². The highest BCUT2D eigenvalue weighted by Gasteiger charge is 2.29. The molecule has 1 rings (SSSR count). The molecule has 0 aliphatic heterocycles. The molecule has 118 valence electrons. The van der Waals surface area contributed by atoms with Crippen LogP contribution in [0.25, 0.3) is 0 Å². The summed E-state index contributed by atoms with van der Waals surface area (Å²) in [6.07, 6.45) is 1.06. The number of halogens is 2. The molecule has 0 radical (unpaired) electrons. The Balaban J connectivity index is 3.36. The molecule has 0 fully saturated rings. The number of hydrogen-bond donors (Lipinski definition) is 2. The van der Waals surface area contributed by atoms with Crippen LogP contribution in [0, 0.1) is 5.82 Å². The van der Waals surface area contributed by atoms with Crippen LogP contribution in [0.5, 0.6) is 0 Å². The first-order valence-electron chi connectivity index (χ1n) is 6.32. The molecule has 8 heteroatoms. The number of sulfonamides is 1. The maximum absolute atomic E-state index is 13.6. The van der Waals surface area contributed by atoms with E-state index in [1.807, 2.05) is 13.8 Å². The van der Waals surface area contributed by atoms with Gasteiger partial charge >= 0.3 is 5.97 Å². The molecule has 0 atom stereocenters. The summed E-state index contributed by atoms with van der Waals surface area (Å²) in [5.74, 6) is -2.59. The van der Waals surface area contributed by atoms with Crippen molar-refractivity contribution in [1.29, 1.82) is 0 Å². The largest absolute Gasteiger partial charge is 0.478 e. The average Bonchev–Trinajstić information content (AvgIpc) is 2.40. The van der Waals surface area contributed by atoms with Gasteiger partial charge in [0, 0.05) is 5.54 Å². The molecular weight excluding hydrogens is 321 g/mol. The lowest BCUT2D eigenvalue weighted by molar-refractivity contribution is 0.0696. The Morgan fingerprint density at radius 3 is 2.33 bits per heavy atom. The van der Waals surface area contributed by atoms with E-state index in [0.29, 0.717) is 18.9 Å². The van der Waals surface area contributed by atoms with Gasteiger partial charge in [0.2, 0.25) is 10.0 Å². The Hall–Kier alpha value is -1.18. The first-order valence-corrected chi connectivity index (χ1v) is 8.18. The quantitative estimate of drug-likeness (QED) is 0.835. The first-order chi connectivity index (χ1) is 9.56.